The predicted octanol–water partition coefficient (Wildman–Crippen LogP) is 2.60. The number of hydrogen-bond donors (Lipinski definition) is 3. The smallest absolute Gasteiger partial charge is 0.414 e. The summed E-state index contributed by atoms with van der Waals surface area (Å²) in [4.78, 5) is 0. The molecule has 0 aromatic rings. The van der Waals surface area contributed by atoms with Gasteiger partial charge in [-0.15, -0.1) is 0 Å². The summed E-state index contributed by atoms with van der Waals surface area (Å²) in [6, 6.07) is 0. The third kappa shape index (κ3) is 4.33. The van der Waals surface area contributed by atoms with E-state index in [4.69, 9.17) is 11.5 Å². The highest BCUT2D eigenvalue weighted by Gasteiger charge is 2.32. The second kappa shape index (κ2) is 6.29. The van der Waals surface area contributed by atoms with E-state index in [-0.39, 0.29) is 5.70 Å². The molecule has 1 aliphatic rings. The van der Waals surface area contributed by atoms with E-state index in [0.717, 1.165) is 0 Å². The van der Waals surface area contributed by atoms with Crippen LogP contribution in [0.3, 0.4) is 0 Å². The lowest BCUT2D eigenvalue weighted by Crippen LogP contribution is -2.20. The van der Waals surface area contributed by atoms with Crippen LogP contribution in [0.25, 0.3) is 0 Å². The molecule has 0 bridgehead atoms. The molecular weight excluding hydrogens is 257 g/mol. The van der Waals surface area contributed by atoms with Crippen molar-refractivity contribution in [3.05, 3.63) is 59.1 Å². The number of aliphatic hydroxyl groups excluding tert-OH is 1. The highest BCUT2D eigenvalue weighted by molar-refractivity contribution is 5.41. The molecule has 0 heterocycles. The molecule has 0 unspecified atom stereocenters. The van der Waals surface area contributed by atoms with E-state index in [2.05, 4.69) is 0 Å². The second-order valence-electron chi connectivity index (χ2n) is 3.88. The zero-order valence-corrected chi connectivity index (χ0v) is 10.1. The summed E-state index contributed by atoms with van der Waals surface area (Å²) in [5, 5.41) is 9.66. The highest BCUT2D eigenvalue weighted by Crippen LogP contribution is 2.26. The fraction of sp³-hybridized carbons (Fsp3) is 0.231. The number of nitrogens with two attached hydrogens (primary N) is 2. The summed E-state index contributed by atoms with van der Waals surface area (Å²) in [6.07, 6.45) is 5.06. The number of halogens is 3. The first-order chi connectivity index (χ1) is 8.86. The van der Waals surface area contributed by atoms with Crippen molar-refractivity contribution in [2.75, 3.05) is 6.54 Å². The monoisotopic (exact) mass is 272 g/mol. The molecular formula is C13H15F3N2O. The fourth-order valence-corrected chi connectivity index (χ4v) is 1.44. The van der Waals surface area contributed by atoms with Crippen LogP contribution in [-0.2, 0) is 0 Å². The van der Waals surface area contributed by atoms with Crippen LogP contribution in [0.5, 0.6) is 0 Å². The number of hydrogen-bond acceptors (Lipinski definition) is 3. The molecule has 0 radical (unpaired) electrons. The molecule has 19 heavy (non-hydrogen) atoms. The molecule has 0 fully saturated rings. The molecule has 0 aromatic heterocycles. The third-order valence-electron chi connectivity index (χ3n) is 2.51. The molecule has 1 aliphatic carbocycles. The lowest BCUT2D eigenvalue weighted by molar-refractivity contribution is -0.0924. The Morgan fingerprint density at radius 3 is 2.58 bits per heavy atom. The summed E-state index contributed by atoms with van der Waals surface area (Å²) in [7, 11) is 0. The highest BCUT2D eigenvalue weighted by atomic mass is 19.4. The molecule has 0 saturated heterocycles. The van der Waals surface area contributed by atoms with Gasteiger partial charge in [0.25, 0.3) is 0 Å². The van der Waals surface area contributed by atoms with Crippen molar-refractivity contribution >= 4 is 0 Å². The van der Waals surface area contributed by atoms with Gasteiger partial charge in [0.1, 0.15) is 5.76 Å². The first kappa shape index (κ1) is 15.1. The zero-order valence-electron chi connectivity index (χ0n) is 10.1. The van der Waals surface area contributed by atoms with Crippen molar-refractivity contribution in [1.82, 2.24) is 0 Å². The first-order valence-corrected chi connectivity index (χ1v) is 5.55. The number of aliphatic hydroxyl groups is 1. The Morgan fingerprint density at radius 2 is 2.00 bits per heavy atom. The maximum atomic E-state index is 12.5. The van der Waals surface area contributed by atoms with Crippen molar-refractivity contribution in [3.8, 4) is 0 Å². The molecule has 0 saturated carbocycles. The van der Waals surface area contributed by atoms with Gasteiger partial charge in [0, 0.05) is 6.54 Å². The van der Waals surface area contributed by atoms with E-state index < -0.39 is 24.1 Å². The predicted molar refractivity (Wildman–Crippen MR) is 68.0 cm³/mol. The van der Waals surface area contributed by atoms with Gasteiger partial charge in [-0.1, -0.05) is 30.4 Å². The Balaban J connectivity index is 3.08. The molecule has 104 valence electrons. The van der Waals surface area contributed by atoms with Crippen LogP contribution < -0.4 is 11.5 Å². The van der Waals surface area contributed by atoms with Crippen molar-refractivity contribution in [3.63, 3.8) is 0 Å². The van der Waals surface area contributed by atoms with Crippen LogP contribution in [0.2, 0.25) is 0 Å². The van der Waals surface area contributed by atoms with E-state index >= 15 is 0 Å². The molecule has 5 N–H and O–H groups in total. The van der Waals surface area contributed by atoms with E-state index in [0.29, 0.717) is 18.1 Å². The molecule has 0 aromatic carbocycles. The van der Waals surface area contributed by atoms with Gasteiger partial charge in [-0.25, -0.2) is 0 Å². The van der Waals surface area contributed by atoms with Gasteiger partial charge in [0.2, 0.25) is 0 Å². The molecule has 0 aliphatic heterocycles. The van der Waals surface area contributed by atoms with Crippen LogP contribution in [-0.4, -0.2) is 17.8 Å². The minimum atomic E-state index is -4.58. The van der Waals surface area contributed by atoms with Crippen LogP contribution in [0, 0.1) is 0 Å². The molecule has 1 rings (SSSR count). The lowest BCUT2D eigenvalue weighted by Gasteiger charge is -2.11. The molecule has 0 amide bonds. The van der Waals surface area contributed by atoms with Gasteiger partial charge in [-0.3, -0.25) is 0 Å². The maximum Gasteiger partial charge on any atom is 0.414 e. The summed E-state index contributed by atoms with van der Waals surface area (Å²) in [5.41, 5.74) is 10.1. The molecule has 0 atom stereocenters. The van der Waals surface area contributed by atoms with Crippen LogP contribution >= 0.6 is 0 Å². The average molecular weight is 272 g/mol. The summed E-state index contributed by atoms with van der Waals surface area (Å²) in [6.45, 7) is -0.723. The minimum absolute atomic E-state index is 0.0913. The van der Waals surface area contributed by atoms with Crippen LogP contribution in [0.15, 0.2) is 59.1 Å². The van der Waals surface area contributed by atoms with E-state index in [1.54, 1.807) is 30.4 Å². The third-order valence-corrected chi connectivity index (χ3v) is 2.51. The Labute approximate surface area is 109 Å². The van der Waals surface area contributed by atoms with Gasteiger partial charge >= 0.3 is 6.18 Å². The Kier molecular flexibility index (Phi) is 5.00. The molecule has 6 heteroatoms. The topological polar surface area (TPSA) is 72.3 Å². The van der Waals surface area contributed by atoms with Crippen molar-refractivity contribution in [2.24, 2.45) is 11.5 Å². The Bertz CT molecular complexity index is 483. The lowest BCUT2D eigenvalue weighted by atomic mass is 10.1. The van der Waals surface area contributed by atoms with E-state index in [1.165, 1.54) is 0 Å². The second-order valence-corrected chi connectivity index (χ2v) is 3.88. The van der Waals surface area contributed by atoms with Gasteiger partial charge < -0.3 is 16.6 Å². The van der Waals surface area contributed by atoms with Crippen molar-refractivity contribution in [2.45, 2.75) is 12.6 Å². The Morgan fingerprint density at radius 1 is 1.32 bits per heavy atom. The standard InChI is InChI=1S/C13H15F3N2O/c14-13(15,16)10(8-17)7-11(19)12(18)9-5-3-1-2-4-6-9/h1-5,7,19H,6,8,17-18H2/b10-7+,12-11+. The van der Waals surface area contributed by atoms with Gasteiger partial charge in [0.15, 0.2) is 0 Å². The summed E-state index contributed by atoms with van der Waals surface area (Å²) in [5.74, 6) is -0.632. The summed E-state index contributed by atoms with van der Waals surface area (Å²) < 4.78 is 37.5. The summed E-state index contributed by atoms with van der Waals surface area (Å²) >= 11 is 0. The fourth-order valence-electron chi connectivity index (χ4n) is 1.44. The maximum absolute atomic E-state index is 12.5. The van der Waals surface area contributed by atoms with Gasteiger partial charge in [-0.2, -0.15) is 13.2 Å². The first-order valence-electron chi connectivity index (χ1n) is 5.55. The normalized spacial score (nSPS) is 17.9. The largest absolute Gasteiger partial charge is 0.506 e. The zero-order chi connectivity index (χ0) is 14.5. The van der Waals surface area contributed by atoms with Crippen LogP contribution in [0.4, 0.5) is 13.2 Å². The SMILES string of the molecule is NC/C(=C\C(O)=C(/N)C1=CC=CC=CC1)C(F)(F)F. The van der Waals surface area contributed by atoms with Crippen molar-refractivity contribution < 1.29 is 18.3 Å². The quantitative estimate of drug-likeness (QED) is 0.546. The van der Waals surface area contributed by atoms with Crippen molar-refractivity contribution in [1.29, 1.82) is 0 Å². The number of alkyl halides is 3. The van der Waals surface area contributed by atoms with E-state index in [9.17, 15) is 18.3 Å². The number of allylic oxidation sites excluding steroid dienone is 7. The Hall–Kier alpha value is -1.95. The average Bonchev–Trinajstić information content (AvgIpc) is 2.61. The van der Waals surface area contributed by atoms with Gasteiger partial charge in [0.05, 0.1) is 11.3 Å². The van der Waals surface area contributed by atoms with Gasteiger partial charge in [-0.05, 0) is 18.1 Å². The molecule has 0 spiro atoms. The minimum Gasteiger partial charge on any atom is -0.506 e. The molecule has 3 nitrogen and oxygen atoms in total. The van der Waals surface area contributed by atoms with Crippen LogP contribution in [0.1, 0.15) is 6.42 Å². The van der Waals surface area contributed by atoms with E-state index in [1.807, 2.05) is 0 Å². The number of rotatable bonds is 3.